The van der Waals surface area contributed by atoms with Crippen molar-refractivity contribution < 1.29 is 41.3 Å². The number of aliphatic hydroxyl groups is 1. The van der Waals surface area contributed by atoms with Crippen LogP contribution in [-0.4, -0.2) is 57.1 Å². The zero-order valence-corrected chi connectivity index (χ0v) is 19.5. The summed E-state index contributed by atoms with van der Waals surface area (Å²) < 4.78 is 78.1. The Labute approximate surface area is 203 Å². The second-order valence-corrected chi connectivity index (χ2v) is 7.57. The number of halogens is 5. The molecule has 198 valence electrons. The molecule has 9 nitrogen and oxygen atoms in total. The first-order chi connectivity index (χ1) is 17.1. The third-order valence-corrected chi connectivity index (χ3v) is 5.08. The van der Waals surface area contributed by atoms with Crippen LogP contribution >= 0.6 is 0 Å². The van der Waals surface area contributed by atoms with E-state index >= 15 is 0 Å². The number of ether oxygens (including phenoxy) is 2. The van der Waals surface area contributed by atoms with Crippen molar-refractivity contribution in [2.24, 2.45) is 12.8 Å². The molecule has 3 aromatic heterocycles. The summed E-state index contributed by atoms with van der Waals surface area (Å²) in [6.45, 7) is -0.953. The van der Waals surface area contributed by atoms with Crippen molar-refractivity contribution >= 4 is 17.6 Å². The van der Waals surface area contributed by atoms with Gasteiger partial charge in [-0.1, -0.05) is 0 Å². The summed E-state index contributed by atoms with van der Waals surface area (Å²) in [6, 6.07) is 3.95. The third-order valence-electron chi connectivity index (χ3n) is 5.08. The lowest BCUT2D eigenvalue weighted by atomic mass is 9.86. The van der Waals surface area contributed by atoms with Crippen LogP contribution in [0.15, 0.2) is 24.4 Å². The maximum Gasteiger partial charge on any atom is 0.272 e. The average Bonchev–Trinajstić information content (AvgIpc) is 3.16. The summed E-state index contributed by atoms with van der Waals surface area (Å²) >= 11 is 0. The highest BCUT2D eigenvalue weighted by molar-refractivity contribution is 5.72. The van der Waals surface area contributed by atoms with Crippen LogP contribution in [0.25, 0.3) is 11.2 Å². The number of rotatable bonds is 6. The molecule has 1 unspecified atom stereocenters. The van der Waals surface area contributed by atoms with Gasteiger partial charge in [-0.15, -0.1) is 0 Å². The first-order valence-electron chi connectivity index (χ1n) is 10.7. The van der Waals surface area contributed by atoms with Gasteiger partial charge in [-0.2, -0.15) is 4.98 Å². The average molecular weight is 519 g/mol. The van der Waals surface area contributed by atoms with E-state index in [2.05, 4.69) is 20.7 Å². The molecule has 0 bridgehead atoms. The van der Waals surface area contributed by atoms with Gasteiger partial charge in [0.15, 0.2) is 11.4 Å². The van der Waals surface area contributed by atoms with Crippen LogP contribution in [0.2, 0.25) is 0 Å². The van der Waals surface area contributed by atoms with Crippen molar-refractivity contribution in [1.82, 2.24) is 19.5 Å². The smallest absolute Gasteiger partial charge is 0.272 e. The standard InChI is InChI=1S/C20H19F5N4O2.CH3NO.CH4O/c1-29-17(11-3-2-6-20(24,25)8-11)27-13-4-5-16(28-18(13)29)31-19-14(30-10-15(22)23)7-12(21)9-26-19;2-1-3;1-2/h4-5,7,9,11,15H,2-3,6,8,10H2,1H3;1H,(H2,2,3);2H,1H3. The number of carbonyl (C=O) groups excluding carboxylic acids is 1. The maximum absolute atomic E-state index is 13.8. The molecule has 1 amide bonds. The normalized spacial score (nSPS) is 16.4. The van der Waals surface area contributed by atoms with Crippen molar-refractivity contribution in [3.63, 3.8) is 0 Å². The van der Waals surface area contributed by atoms with E-state index in [-0.39, 0.29) is 42.7 Å². The molecule has 0 radical (unpaired) electrons. The Morgan fingerprint density at radius 1 is 1.31 bits per heavy atom. The first kappa shape index (κ1) is 28.7. The van der Waals surface area contributed by atoms with E-state index in [4.69, 9.17) is 19.4 Å². The van der Waals surface area contributed by atoms with Crippen LogP contribution in [0.1, 0.15) is 37.4 Å². The van der Waals surface area contributed by atoms with Crippen LogP contribution in [0.3, 0.4) is 0 Å². The van der Waals surface area contributed by atoms with Crippen LogP contribution in [0.4, 0.5) is 22.0 Å². The number of nitrogens with zero attached hydrogens (tertiary/aromatic N) is 4. The molecule has 1 aliphatic carbocycles. The van der Waals surface area contributed by atoms with E-state index in [9.17, 15) is 22.0 Å². The van der Waals surface area contributed by atoms with Gasteiger partial charge >= 0.3 is 0 Å². The quantitative estimate of drug-likeness (QED) is 0.373. The fourth-order valence-corrected chi connectivity index (χ4v) is 3.72. The van der Waals surface area contributed by atoms with Crippen LogP contribution in [-0.2, 0) is 11.8 Å². The number of aliphatic hydroxyl groups excluding tert-OH is 1. The SMILES string of the molecule is CO.Cn1c(C2CCCC(F)(F)C2)nc2ccc(Oc3ncc(F)cc3OCC(F)F)nc21.NC=O. The van der Waals surface area contributed by atoms with E-state index < -0.39 is 24.8 Å². The fraction of sp³-hybridized carbons (Fsp3) is 0.455. The molecule has 0 aromatic carbocycles. The molecular weight excluding hydrogens is 493 g/mol. The van der Waals surface area contributed by atoms with Crippen molar-refractivity contribution in [1.29, 1.82) is 0 Å². The lowest BCUT2D eigenvalue weighted by Crippen LogP contribution is -2.26. The summed E-state index contributed by atoms with van der Waals surface area (Å²) in [4.78, 5) is 21.1. The molecule has 1 fully saturated rings. The number of carbonyl (C=O) groups is 1. The molecule has 0 aliphatic heterocycles. The van der Waals surface area contributed by atoms with Gasteiger partial charge in [-0.05, 0) is 18.9 Å². The van der Waals surface area contributed by atoms with Gasteiger partial charge in [0.1, 0.15) is 23.8 Å². The number of pyridine rings is 2. The molecular formula is C22H26F5N5O4. The second kappa shape index (κ2) is 13.0. The molecule has 0 saturated heterocycles. The van der Waals surface area contributed by atoms with Gasteiger partial charge in [-0.25, -0.2) is 31.9 Å². The Kier molecular flexibility index (Phi) is 10.3. The predicted molar refractivity (Wildman–Crippen MR) is 119 cm³/mol. The number of aromatic nitrogens is 4. The van der Waals surface area contributed by atoms with Gasteiger partial charge in [-0.3, -0.25) is 4.79 Å². The lowest BCUT2D eigenvalue weighted by Gasteiger charge is -2.28. The van der Waals surface area contributed by atoms with E-state index in [0.717, 1.165) is 19.4 Å². The summed E-state index contributed by atoms with van der Waals surface area (Å²) in [6.07, 6.45) is -1.01. The number of alkyl halides is 4. The van der Waals surface area contributed by atoms with Gasteiger partial charge in [0.05, 0.1) is 6.20 Å². The first-order valence-corrected chi connectivity index (χ1v) is 10.7. The zero-order chi connectivity index (χ0) is 26.9. The van der Waals surface area contributed by atoms with E-state index in [1.807, 2.05) is 0 Å². The zero-order valence-electron chi connectivity index (χ0n) is 19.5. The highest BCUT2D eigenvalue weighted by Gasteiger charge is 2.38. The van der Waals surface area contributed by atoms with E-state index in [1.165, 1.54) is 6.07 Å². The largest absolute Gasteiger partial charge is 0.482 e. The number of nitrogens with two attached hydrogens (primary N) is 1. The minimum Gasteiger partial charge on any atom is -0.482 e. The molecule has 3 heterocycles. The minimum absolute atomic E-state index is 0.0389. The number of primary amides is 1. The Hall–Kier alpha value is -3.55. The molecule has 3 aromatic rings. The Morgan fingerprint density at radius 3 is 2.64 bits per heavy atom. The Morgan fingerprint density at radius 2 is 2.00 bits per heavy atom. The molecule has 4 rings (SSSR count). The number of hydrogen-bond acceptors (Lipinski definition) is 7. The summed E-state index contributed by atoms with van der Waals surface area (Å²) in [5, 5.41) is 7.00. The summed E-state index contributed by atoms with van der Waals surface area (Å²) in [7, 11) is 2.68. The highest BCUT2D eigenvalue weighted by atomic mass is 19.3. The minimum atomic E-state index is -2.76. The third kappa shape index (κ3) is 7.47. The van der Waals surface area contributed by atoms with Crippen LogP contribution in [0, 0.1) is 5.82 Å². The Bertz CT molecular complexity index is 1150. The monoisotopic (exact) mass is 519 g/mol. The maximum atomic E-state index is 13.8. The molecule has 36 heavy (non-hydrogen) atoms. The van der Waals surface area contributed by atoms with Gasteiger partial charge in [0.2, 0.25) is 18.2 Å². The topological polar surface area (TPSA) is 125 Å². The summed E-state index contributed by atoms with van der Waals surface area (Å²) in [5.74, 6) is -3.86. The summed E-state index contributed by atoms with van der Waals surface area (Å²) in [5.41, 5.74) is 5.07. The number of imidazole rings is 1. The van der Waals surface area contributed by atoms with E-state index in [1.54, 1.807) is 17.7 Å². The van der Waals surface area contributed by atoms with Gasteiger partial charge in [0.25, 0.3) is 12.3 Å². The fourth-order valence-electron chi connectivity index (χ4n) is 3.72. The van der Waals surface area contributed by atoms with Crippen molar-refractivity contribution in [3.05, 3.63) is 36.0 Å². The molecule has 1 atom stereocenters. The van der Waals surface area contributed by atoms with Crippen molar-refractivity contribution in [2.75, 3.05) is 13.7 Å². The molecule has 1 saturated carbocycles. The molecule has 0 spiro atoms. The molecule has 14 heteroatoms. The highest BCUT2D eigenvalue weighted by Crippen LogP contribution is 2.42. The van der Waals surface area contributed by atoms with Crippen molar-refractivity contribution in [3.8, 4) is 17.5 Å². The lowest BCUT2D eigenvalue weighted by molar-refractivity contribution is -0.106. The van der Waals surface area contributed by atoms with Crippen LogP contribution < -0.4 is 15.2 Å². The van der Waals surface area contributed by atoms with Crippen LogP contribution in [0.5, 0.6) is 17.5 Å². The number of fused-ring (bicyclic) bond motifs is 1. The van der Waals surface area contributed by atoms with Gasteiger partial charge in [0, 0.05) is 45.0 Å². The molecule has 3 N–H and O–H groups in total. The number of aryl methyl sites for hydroxylation is 1. The second-order valence-electron chi connectivity index (χ2n) is 7.57. The number of hydrogen-bond donors (Lipinski definition) is 2. The van der Waals surface area contributed by atoms with Gasteiger partial charge < -0.3 is 24.9 Å². The number of amides is 1. The molecule has 1 aliphatic rings. The predicted octanol–water partition coefficient (Wildman–Crippen LogP) is 3.94. The van der Waals surface area contributed by atoms with E-state index in [0.29, 0.717) is 29.8 Å². The van der Waals surface area contributed by atoms with Crippen molar-refractivity contribution in [2.45, 2.75) is 43.9 Å². The Balaban J connectivity index is 0.000000850.